The zero-order valence-corrected chi connectivity index (χ0v) is 7.86. The van der Waals surface area contributed by atoms with Crippen molar-refractivity contribution in [3.05, 3.63) is 18.3 Å². The van der Waals surface area contributed by atoms with Crippen molar-refractivity contribution >= 4 is 11.9 Å². The van der Waals surface area contributed by atoms with Crippen LogP contribution in [-0.2, 0) is 0 Å². The van der Waals surface area contributed by atoms with Gasteiger partial charge in [-0.25, -0.2) is 9.78 Å². The first-order chi connectivity index (χ1) is 6.72. The van der Waals surface area contributed by atoms with E-state index in [1.54, 1.807) is 12.1 Å². The topological polar surface area (TPSA) is 71.5 Å². The molecule has 0 bridgehead atoms. The van der Waals surface area contributed by atoms with Crippen LogP contribution in [0, 0.1) is 0 Å². The number of nitrogens with zero attached hydrogens (tertiary/aromatic N) is 1. The number of rotatable bonds is 4. The van der Waals surface area contributed by atoms with E-state index in [2.05, 4.69) is 10.3 Å². The Balaban J connectivity index is 2.63. The van der Waals surface area contributed by atoms with E-state index in [-0.39, 0.29) is 5.82 Å². The third kappa shape index (κ3) is 3.30. The standard InChI is InChI=1S/C9H12N2O3/c1-2-5-14-7-3-4-10-8(6-7)11-9(12)13/h3-4,6H,2,5H2,1H3,(H,10,11)(H,12,13). The lowest BCUT2D eigenvalue weighted by atomic mass is 10.4. The molecule has 0 saturated carbocycles. The number of anilines is 1. The SMILES string of the molecule is CCCOc1ccnc(NC(=O)O)c1. The molecule has 1 aromatic heterocycles. The number of hydrogen-bond donors (Lipinski definition) is 2. The highest BCUT2D eigenvalue weighted by Gasteiger charge is 2.00. The molecule has 0 spiro atoms. The summed E-state index contributed by atoms with van der Waals surface area (Å²) in [5.74, 6) is 0.886. The highest BCUT2D eigenvalue weighted by atomic mass is 16.5. The van der Waals surface area contributed by atoms with Crippen molar-refractivity contribution < 1.29 is 14.6 Å². The summed E-state index contributed by atoms with van der Waals surface area (Å²) in [4.78, 5) is 14.1. The lowest BCUT2D eigenvalue weighted by molar-refractivity contribution is 0.209. The van der Waals surface area contributed by atoms with Gasteiger partial charge in [-0.3, -0.25) is 5.32 Å². The van der Waals surface area contributed by atoms with Crippen LogP contribution in [0.2, 0.25) is 0 Å². The summed E-state index contributed by atoms with van der Waals surface area (Å²) < 4.78 is 5.30. The minimum Gasteiger partial charge on any atom is -0.493 e. The normalized spacial score (nSPS) is 9.50. The van der Waals surface area contributed by atoms with Gasteiger partial charge >= 0.3 is 6.09 Å². The highest BCUT2D eigenvalue weighted by molar-refractivity contribution is 5.81. The van der Waals surface area contributed by atoms with E-state index in [1.165, 1.54) is 6.20 Å². The molecule has 0 atom stereocenters. The third-order valence-electron chi connectivity index (χ3n) is 1.44. The van der Waals surface area contributed by atoms with Crippen LogP contribution in [0.4, 0.5) is 10.6 Å². The number of carboxylic acid groups (broad SMARTS) is 1. The maximum absolute atomic E-state index is 10.3. The summed E-state index contributed by atoms with van der Waals surface area (Å²) in [5, 5.41) is 10.6. The van der Waals surface area contributed by atoms with Crippen LogP contribution in [0.15, 0.2) is 18.3 Å². The van der Waals surface area contributed by atoms with Crippen LogP contribution in [0.25, 0.3) is 0 Å². The van der Waals surface area contributed by atoms with Gasteiger partial charge in [0.05, 0.1) is 6.61 Å². The van der Waals surface area contributed by atoms with Crippen molar-refractivity contribution in [1.82, 2.24) is 4.98 Å². The number of carbonyl (C=O) groups is 1. The minimum absolute atomic E-state index is 0.270. The number of pyridine rings is 1. The van der Waals surface area contributed by atoms with Crippen LogP contribution in [0.1, 0.15) is 13.3 Å². The summed E-state index contributed by atoms with van der Waals surface area (Å²) in [6.45, 7) is 2.61. The fourth-order valence-electron chi connectivity index (χ4n) is 0.899. The van der Waals surface area contributed by atoms with Crippen molar-refractivity contribution in [2.45, 2.75) is 13.3 Å². The molecular weight excluding hydrogens is 184 g/mol. The van der Waals surface area contributed by atoms with Gasteiger partial charge in [0.1, 0.15) is 11.6 Å². The second-order valence-corrected chi connectivity index (χ2v) is 2.66. The minimum atomic E-state index is -1.13. The monoisotopic (exact) mass is 196 g/mol. The maximum Gasteiger partial charge on any atom is 0.410 e. The number of aromatic nitrogens is 1. The van der Waals surface area contributed by atoms with Crippen LogP contribution in [0.3, 0.4) is 0 Å². The molecule has 1 aromatic rings. The van der Waals surface area contributed by atoms with Crippen molar-refractivity contribution in [3.63, 3.8) is 0 Å². The second kappa shape index (κ2) is 5.06. The van der Waals surface area contributed by atoms with Gasteiger partial charge in [0.25, 0.3) is 0 Å². The Morgan fingerprint density at radius 1 is 1.71 bits per heavy atom. The third-order valence-corrected chi connectivity index (χ3v) is 1.44. The average molecular weight is 196 g/mol. The molecule has 0 radical (unpaired) electrons. The zero-order valence-electron chi connectivity index (χ0n) is 7.86. The molecule has 0 aliphatic carbocycles. The van der Waals surface area contributed by atoms with Gasteiger partial charge in [-0.05, 0) is 12.5 Å². The highest BCUT2D eigenvalue weighted by Crippen LogP contribution is 2.14. The van der Waals surface area contributed by atoms with E-state index in [4.69, 9.17) is 9.84 Å². The average Bonchev–Trinajstić information content (AvgIpc) is 2.14. The van der Waals surface area contributed by atoms with Gasteiger partial charge in [0, 0.05) is 12.3 Å². The van der Waals surface area contributed by atoms with Crippen molar-refractivity contribution in [1.29, 1.82) is 0 Å². The van der Waals surface area contributed by atoms with E-state index in [0.29, 0.717) is 12.4 Å². The molecule has 14 heavy (non-hydrogen) atoms. The molecule has 0 aliphatic heterocycles. The predicted octanol–water partition coefficient (Wildman–Crippen LogP) is 1.96. The van der Waals surface area contributed by atoms with E-state index in [0.717, 1.165) is 6.42 Å². The fraction of sp³-hybridized carbons (Fsp3) is 0.333. The molecule has 76 valence electrons. The molecule has 1 heterocycles. The van der Waals surface area contributed by atoms with Gasteiger partial charge in [-0.2, -0.15) is 0 Å². The molecule has 0 saturated heterocycles. The Bertz CT molecular complexity index is 315. The van der Waals surface area contributed by atoms with Gasteiger partial charge in [-0.15, -0.1) is 0 Å². The molecule has 5 heteroatoms. The number of hydrogen-bond acceptors (Lipinski definition) is 3. The Labute approximate surface area is 81.7 Å². The summed E-state index contributed by atoms with van der Waals surface area (Å²) in [5.41, 5.74) is 0. The summed E-state index contributed by atoms with van der Waals surface area (Å²) in [6.07, 6.45) is 1.27. The molecule has 0 aliphatic rings. The van der Waals surface area contributed by atoms with Gasteiger partial charge in [0.2, 0.25) is 0 Å². The molecular formula is C9H12N2O3. The fourth-order valence-corrected chi connectivity index (χ4v) is 0.899. The van der Waals surface area contributed by atoms with Gasteiger partial charge in [-0.1, -0.05) is 6.92 Å². The largest absolute Gasteiger partial charge is 0.493 e. The molecule has 1 rings (SSSR count). The van der Waals surface area contributed by atoms with Crippen molar-refractivity contribution in [2.75, 3.05) is 11.9 Å². The van der Waals surface area contributed by atoms with Crippen LogP contribution < -0.4 is 10.1 Å². The molecule has 5 nitrogen and oxygen atoms in total. The quantitative estimate of drug-likeness (QED) is 0.772. The Morgan fingerprint density at radius 2 is 2.50 bits per heavy atom. The number of amides is 1. The Morgan fingerprint density at radius 3 is 3.14 bits per heavy atom. The van der Waals surface area contributed by atoms with Crippen LogP contribution >= 0.6 is 0 Å². The first-order valence-electron chi connectivity index (χ1n) is 4.31. The molecule has 0 unspecified atom stereocenters. The Hall–Kier alpha value is -1.78. The zero-order chi connectivity index (χ0) is 10.4. The first-order valence-corrected chi connectivity index (χ1v) is 4.31. The Kier molecular flexibility index (Phi) is 3.72. The molecule has 0 fully saturated rings. The van der Waals surface area contributed by atoms with Crippen LogP contribution in [0.5, 0.6) is 5.75 Å². The van der Waals surface area contributed by atoms with E-state index in [1.807, 2.05) is 6.92 Å². The predicted molar refractivity (Wildman–Crippen MR) is 51.7 cm³/mol. The van der Waals surface area contributed by atoms with Gasteiger partial charge < -0.3 is 9.84 Å². The van der Waals surface area contributed by atoms with Crippen molar-refractivity contribution in [3.8, 4) is 5.75 Å². The number of ether oxygens (including phenoxy) is 1. The van der Waals surface area contributed by atoms with Crippen LogP contribution in [-0.4, -0.2) is 22.8 Å². The molecule has 2 N–H and O–H groups in total. The van der Waals surface area contributed by atoms with Gasteiger partial charge in [0.15, 0.2) is 0 Å². The second-order valence-electron chi connectivity index (χ2n) is 2.66. The van der Waals surface area contributed by atoms with E-state index in [9.17, 15) is 4.79 Å². The summed E-state index contributed by atoms with van der Waals surface area (Å²) >= 11 is 0. The summed E-state index contributed by atoms with van der Waals surface area (Å²) in [7, 11) is 0. The lowest BCUT2D eigenvalue weighted by Crippen LogP contribution is -2.08. The molecule has 0 aromatic carbocycles. The smallest absolute Gasteiger partial charge is 0.410 e. The van der Waals surface area contributed by atoms with E-state index < -0.39 is 6.09 Å². The first kappa shape index (κ1) is 10.3. The lowest BCUT2D eigenvalue weighted by Gasteiger charge is -2.05. The number of nitrogens with one attached hydrogen (secondary N) is 1. The molecule has 1 amide bonds. The van der Waals surface area contributed by atoms with Crippen molar-refractivity contribution in [2.24, 2.45) is 0 Å². The summed E-state index contributed by atoms with van der Waals surface area (Å²) in [6, 6.07) is 3.23. The maximum atomic E-state index is 10.3. The van der Waals surface area contributed by atoms with E-state index >= 15 is 0 Å².